The zero-order valence-corrected chi connectivity index (χ0v) is 10.0. The molecule has 2 aliphatic rings. The minimum atomic E-state index is -0.193. The third-order valence-corrected chi connectivity index (χ3v) is 3.68. The Morgan fingerprint density at radius 2 is 2.24 bits per heavy atom. The molecule has 1 aliphatic carbocycles. The summed E-state index contributed by atoms with van der Waals surface area (Å²) < 4.78 is 0. The average molecular weight is 240 g/mol. The number of amides is 2. The van der Waals surface area contributed by atoms with Gasteiger partial charge in [0.1, 0.15) is 0 Å². The van der Waals surface area contributed by atoms with E-state index in [0.29, 0.717) is 32.0 Å². The van der Waals surface area contributed by atoms with Gasteiger partial charge in [0.2, 0.25) is 11.8 Å². The van der Waals surface area contributed by atoms with Gasteiger partial charge in [-0.05, 0) is 25.7 Å². The topological polar surface area (TPSA) is 69.6 Å². The molecule has 1 atom stereocenters. The van der Waals surface area contributed by atoms with Gasteiger partial charge in [-0.1, -0.05) is 0 Å². The van der Waals surface area contributed by atoms with Gasteiger partial charge in [-0.2, -0.15) is 0 Å². The minimum absolute atomic E-state index is 0.0286. The van der Waals surface area contributed by atoms with E-state index in [0.717, 1.165) is 12.8 Å². The lowest BCUT2D eigenvalue weighted by atomic mass is 9.90. The molecule has 0 bridgehead atoms. The Hall–Kier alpha value is -1.10. The molecular formula is C12H20N2O3. The van der Waals surface area contributed by atoms with Crippen molar-refractivity contribution in [3.8, 4) is 0 Å². The summed E-state index contributed by atoms with van der Waals surface area (Å²) in [6, 6.07) is 0.338. The van der Waals surface area contributed by atoms with Crippen LogP contribution in [0, 0.1) is 5.92 Å². The lowest BCUT2D eigenvalue weighted by Crippen LogP contribution is -2.47. The van der Waals surface area contributed by atoms with Gasteiger partial charge in [0.05, 0.1) is 5.92 Å². The van der Waals surface area contributed by atoms with Crippen molar-refractivity contribution in [3.05, 3.63) is 0 Å². The van der Waals surface area contributed by atoms with Crippen LogP contribution >= 0.6 is 0 Å². The number of hydrogen-bond donors (Lipinski definition) is 2. The summed E-state index contributed by atoms with van der Waals surface area (Å²) in [6.07, 6.45) is 4.24. The molecule has 1 saturated carbocycles. The number of hydrogen-bond acceptors (Lipinski definition) is 3. The van der Waals surface area contributed by atoms with E-state index in [1.54, 1.807) is 0 Å². The molecule has 0 aromatic heterocycles. The van der Waals surface area contributed by atoms with Crippen LogP contribution in [0.1, 0.15) is 32.1 Å². The molecule has 2 N–H and O–H groups in total. The maximum absolute atomic E-state index is 12.3. The molecule has 0 radical (unpaired) electrons. The summed E-state index contributed by atoms with van der Waals surface area (Å²) >= 11 is 0. The molecular weight excluding hydrogens is 220 g/mol. The summed E-state index contributed by atoms with van der Waals surface area (Å²) in [4.78, 5) is 25.3. The first kappa shape index (κ1) is 12.4. The van der Waals surface area contributed by atoms with E-state index < -0.39 is 0 Å². The molecule has 2 rings (SSSR count). The van der Waals surface area contributed by atoms with E-state index in [4.69, 9.17) is 5.11 Å². The Bertz CT molecular complexity index is 302. The van der Waals surface area contributed by atoms with Crippen LogP contribution in [-0.4, -0.2) is 47.6 Å². The number of aliphatic hydroxyl groups excluding tert-OH is 1. The summed E-state index contributed by atoms with van der Waals surface area (Å²) in [5.41, 5.74) is 0. The highest BCUT2D eigenvalue weighted by Crippen LogP contribution is 2.27. The van der Waals surface area contributed by atoms with E-state index in [1.165, 1.54) is 6.42 Å². The molecule has 0 aromatic rings. The Morgan fingerprint density at radius 1 is 1.47 bits per heavy atom. The molecule has 1 heterocycles. The van der Waals surface area contributed by atoms with Gasteiger partial charge in [-0.25, -0.2) is 0 Å². The Morgan fingerprint density at radius 3 is 2.71 bits per heavy atom. The smallest absolute Gasteiger partial charge is 0.228 e. The van der Waals surface area contributed by atoms with Crippen LogP contribution in [0.4, 0.5) is 0 Å². The zero-order chi connectivity index (χ0) is 12.3. The molecule has 96 valence electrons. The quantitative estimate of drug-likeness (QED) is 0.704. The van der Waals surface area contributed by atoms with Crippen molar-refractivity contribution in [2.45, 2.75) is 38.1 Å². The molecule has 1 unspecified atom stereocenters. The maximum Gasteiger partial charge on any atom is 0.228 e. The van der Waals surface area contributed by atoms with Crippen LogP contribution in [-0.2, 0) is 9.59 Å². The van der Waals surface area contributed by atoms with Crippen molar-refractivity contribution in [2.24, 2.45) is 5.92 Å². The molecule has 0 spiro atoms. The van der Waals surface area contributed by atoms with Gasteiger partial charge < -0.3 is 15.3 Å². The number of nitrogens with zero attached hydrogens (tertiary/aromatic N) is 1. The van der Waals surface area contributed by atoms with E-state index in [1.807, 2.05) is 4.90 Å². The zero-order valence-electron chi connectivity index (χ0n) is 10.0. The van der Waals surface area contributed by atoms with E-state index in [-0.39, 0.29) is 24.3 Å². The number of carbonyl (C=O) groups is 2. The lowest BCUT2D eigenvalue weighted by Gasteiger charge is -2.38. The molecule has 5 heteroatoms. The molecule has 5 nitrogen and oxygen atoms in total. The summed E-state index contributed by atoms with van der Waals surface area (Å²) in [5.74, 6) is -0.137. The third-order valence-electron chi connectivity index (χ3n) is 3.68. The highest BCUT2D eigenvalue weighted by atomic mass is 16.3. The van der Waals surface area contributed by atoms with Crippen LogP contribution in [0.3, 0.4) is 0 Å². The van der Waals surface area contributed by atoms with E-state index in [9.17, 15) is 9.59 Å². The van der Waals surface area contributed by atoms with Crippen molar-refractivity contribution in [1.82, 2.24) is 10.2 Å². The van der Waals surface area contributed by atoms with Crippen LogP contribution in [0.5, 0.6) is 0 Å². The fourth-order valence-corrected chi connectivity index (χ4v) is 2.43. The fraction of sp³-hybridized carbons (Fsp3) is 0.833. The average Bonchev–Trinajstić information content (AvgIpc) is 2.67. The normalized spacial score (nSPS) is 24.3. The third kappa shape index (κ3) is 2.77. The summed E-state index contributed by atoms with van der Waals surface area (Å²) in [5, 5.41) is 11.6. The van der Waals surface area contributed by atoms with E-state index in [2.05, 4.69) is 5.32 Å². The van der Waals surface area contributed by atoms with Gasteiger partial charge in [0.15, 0.2) is 0 Å². The Labute approximate surface area is 101 Å². The fourth-order valence-electron chi connectivity index (χ4n) is 2.43. The van der Waals surface area contributed by atoms with Crippen molar-refractivity contribution >= 4 is 11.8 Å². The van der Waals surface area contributed by atoms with Crippen LogP contribution in [0.25, 0.3) is 0 Å². The Kier molecular flexibility index (Phi) is 3.99. The number of nitrogens with one attached hydrogen (secondary N) is 1. The number of carbonyl (C=O) groups excluding carboxylic acids is 2. The van der Waals surface area contributed by atoms with Crippen LogP contribution in [0.2, 0.25) is 0 Å². The van der Waals surface area contributed by atoms with Gasteiger partial charge in [-0.3, -0.25) is 9.59 Å². The second kappa shape index (κ2) is 5.49. The maximum atomic E-state index is 12.3. The molecule has 17 heavy (non-hydrogen) atoms. The lowest BCUT2D eigenvalue weighted by molar-refractivity contribution is -0.140. The van der Waals surface area contributed by atoms with Crippen molar-refractivity contribution in [2.75, 3.05) is 19.7 Å². The second-order valence-electron chi connectivity index (χ2n) is 4.90. The molecule has 0 aromatic carbocycles. The minimum Gasteiger partial charge on any atom is -0.396 e. The predicted molar refractivity (Wildman–Crippen MR) is 62.2 cm³/mol. The first-order valence-electron chi connectivity index (χ1n) is 6.40. The van der Waals surface area contributed by atoms with Crippen molar-refractivity contribution < 1.29 is 14.7 Å². The molecule has 1 aliphatic heterocycles. The molecule has 2 fully saturated rings. The summed E-state index contributed by atoms with van der Waals surface area (Å²) in [7, 11) is 0. The van der Waals surface area contributed by atoms with Gasteiger partial charge in [0, 0.05) is 32.2 Å². The molecule has 2 amide bonds. The van der Waals surface area contributed by atoms with E-state index >= 15 is 0 Å². The molecule has 1 saturated heterocycles. The number of aliphatic hydroxyl groups is 1. The monoisotopic (exact) mass is 240 g/mol. The van der Waals surface area contributed by atoms with Crippen LogP contribution < -0.4 is 5.32 Å². The van der Waals surface area contributed by atoms with Crippen molar-refractivity contribution in [1.29, 1.82) is 0 Å². The first-order valence-corrected chi connectivity index (χ1v) is 6.40. The predicted octanol–water partition coefficient (Wildman–Crippen LogP) is -0.114. The summed E-state index contributed by atoms with van der Waals surface area (Å²) in [6.45, 7) is 1.20. The largest absolute Gasteiger partial charge is 0.396 e. The standard InChI is InChI=1S/C12H20N2O3/c15-6-2-5-14(10-3-1-4-10)12(17)9-7-11(16)13-8-9/h9-10,15H,1-8H2,(H,13,16). The van der Waals surface area contributed by atoms with Gasteiger partial charge >= 0.3 is 0 Å². The highest BCUT2D eigenvalue weighted by molar-refractivity contribution is 5.89. The van der Waals surface area contributed by atoms with Crippen molar-refractivity contribution in [3.63, 3.8) is 0 Å². The first-order chi connectivity index (χ1) is 8.22. The van der Waals surface area contributed by atoms with Crippen LogP contribution in [0.15, 0.2) is 0 Å². The highest BCUT2D eigenvalue weighted by Gasteiger charge is 2.35. The van der Waals surface area contributed by atoms with Gasteiger partial charge in [0.25, 0.3) is 0 Å². The second-order valence-corrected chi connectivity index (χ2v) is 4.90. The SMILES string of the molecule is O=C1CC(C(=O)N(CCCO)C2CCC2)CN1. The Balaban J connectivity index is 1.93. The number of rotatable bonds is 5. The van der Waals surface area contributed by atoms with Gasteiger partial charge in [-0.15, -0.1) is 0 Å².